The molecular weight excluding hydrogens is 344 g/mol. The van der Waals surface area contributed by atoms with Crippen molar-refractivity contribution in [1.29, 1.82) is 0 Å². The molecule has 1 aliphatic rings. The van der Waals surface area contributed by atoms with E-state index < -0.39 is 5.54 Å². The number of aromatic amines is 1. The second-order valence-corrected chi connectivity index (χ2v) is 6.98. The highest BCUT2D eigenvalue weighted by Crippen LogP contribution is 2.43. The Kier molecular flexibility index (Phi) is 3.81. The first-order chi connectivity index (χ1) is 10.5. The van der Waals surface area contributed by atoms with Crippen LogP contribution in [0.25, 0.3) is 10.9 Å². The van der Waals surface area contributed by atoms with Crippen molar-refractivity contribution < 1.29 is 9.53 Å². The lowest BCUT2D eigenvalue weighted by atomic mass is 9.74. The maximum absolute atomic E-state index is 12.7. The molecule has 0 radical (unpaired) electrons. The van der Waals surface area contributed by atoms with Gasteiger partial charge in [-0.15, -0.1) is 0 Å². The molecule has 5 heteroatoms. The Hall–Kier alpha value is -1.33. The summed E-state index contributed by atoms with van der Waals surface area (Å²) in [6, 6.07) is 8.20. The SMILES string of the molecule is CCOC(=O)C1(CBr)NCC(C)(C)c2c1[nH]c1ccccc21. The lowest BCUT2D eigenvalue weighted by Gasteiger charge is -2.42. The Balaban J connectivity index is 2.29. The first kappa shape index (κ1) is 15.6. The van der Waals surface area contributed by atoms with E-state index >= 15 is 0 Å². The molecule has 2 N–H and O–H groups in total. The molecule has 0 saturated carbocycles. The predicted molar refractivity (Wildman–Crippen MR) is 91.4 cm³/mol. The number of H-pyrrole nitrogens is 1. The second-order valence-electron chi connectivity index (χ2n) is 6.42. The van der Waals surface area contributed by atoms with Crippen molar-refractivity contribution in [3.8, 4) is 0 Å². The Morgan fingerprint density at radius 1 is 1.36 bits per heavy atom. The minimum atomic E-state index is -0.861. The van der Waals surface area contributed by atoms with Gasteiger partial charge >= 0.3 is 5.97 Å². The first-order valence-electron chi connectivity index (χ1n) is 7.56. The average molecular weight is 365 g/mol. The molecule has 0 amide bonds. The monoisotopic (exact) mass is 364 g/mol. The van der Waals surface area contributed by atoms with Crippen molar-refractivity contribution in [1.82, 2.24) is 10.3 Å². The van der Waals surface area contributed by atoms with Gasteiger partial charge in [0.05, 0.1) is 12.3 Å². The van der Waals surface area contributed by atoms with E-state index in [-0.39, 0.29) is 11.4 Å². The van der Waals surface area contributed by atoms with Gasteiger partial charge < -0.3 is 9.72 Å². The third-order valence-electron chi connectivity index (χ3n) is 4.47. The lowest BCUT2D eigenvalue weighted by molar-refractivity contribution is -0.151. The van der Waals surface area contributed by atoms with Crippen LogP contribution >= 0.6 is 15.9 Å². The Morgan fingerprint density at radius 3 is 2.77 bits per heavy atom. The van der Waals surface area contributed by atoms with E-state index in [1.165, 1.54) is 10.9 Å². The minimum absolute atomic E-state index is 0.0624. The maximum Gasteiger partial charge on any atom is 0.333 e. The van der Waals surface area contributed by atoms with Crippen LogP contribution in [0.1, 0.15) is 32.0 Å². The number of carbonyl (C=O) groups excluding carboxylic acids is 1. The van der Waals surface area contributed by atoms with Gasteiger partial charge in [0, 0.05) is 28.2 Å². The molecule has 0 aliphatic carbocycles. The van der Waals surface area contributed by atoms with Crippen LogP contribution in [-0.2, 0) is 20.5 Å². The fourth-order valence-electron chi connectivity index (χ4n) is 3.31. The van der Waals surface area contributed by atoms with E-state index in [2.05, 4.69) is 46.1 Å². The van der Waals surface area contributed by atoms with Crippen molar-refractivity contribution in [3.63, 3.8) is 0 Å². The largest absolute Gasteiger partial charge is 0.464 e. The molecule has 0 fully saturated rings. The van der Waals surface area contributed by atoms with Gasteiger partial charge in [-0.1, -0.05) is 48.0 Å². The standard InChI is InChI=1S/C17H21BrN2O2/c1-4-22-15(21)17(9-18)14-13(16(2,3)10-19-17)11-7-5-6-8-12(11)20-14/h5-8,19-20H,4,9-10H2,1-3H3. The number of nitrogens with one attached hydrogen (secondary N) is 2. The number of ether oxygens (including phenoxy) is 1. The molecule has 4 nitrogen and oxygen atoms in total. The van der Waals surface area contributed by atoms with E-state index in [9.17, 15) is 4.79 Å². The zero-order valence-corrected chi connectivity index (χ0v) is 14.7. The van der Waals surface area contributed by atoms with Crippen LogP contribution < -0.4 is 5.32 Å². The number of carbonyl (C=O) groups is 1. The van der Waals surface area contributed by atoms with Crippen LogP contribution in [-0.4, -0.2) is 29.4 Å². The summed E-state index contributed by atoms with van der Waals surface area (Å²) < 4.78 is 5.35. The highest BCUT2D eigenvalue weighted by molar-refractivity contribution is 9.09. The van der Waals surface area contributed by atoms with Crippen molar-refractivity contribution in [3.05, 3.63) is 35.5 Å². The summed E-state index contributed by atoms with van der Waals surface area (Å²) in [6.45, 7) is 7.31. The van der Waals surface area contributed by atoms with Gasteiger partial charge in [-0.25, -0.2) is 4.79 Å². The van der Waals surface area contributed by atoms with Gasteiger partial charge in [0.15, 0.2) is 5.54 Å². The Morgan fingerprint density at radius 2 is 2.09 bits per heavy atom. The molecular formula is C17H21BrN2O2. The number of rotatable bonds is 3. The fourth-order valence-corrected chi connectivity index (χ4v) is 4.02. The van der Waals surface area contributed by atoms with Gasteiger partial charge in [-0.2, -0.15) is 0 Å². The third-order valence-corrected chi connectivity index (χ3v) is 5.31. The molecule has 118 valence electrons. The molecule has 1 aliphatic heterocycles. The predicted octanol–water partition coefficient (Wildman–Crippen LogP) is 3.20. The number of aromatic nitrogens is 1. The Labute approximate surface area is 138 Å². The number of fused-ring (bicyclic) bond motifs is 3. The molecule has 22 heavy (non-hydrogen) atoms. The molecule has 0 bridgehead atoms. The van der Waals surface area contributed by atoms with Crippen molar-refractivity contribution in [2.45, 2.75) is 31.7 Å². The molecule has 2 heterocycles. The van der Waals surface area contributed by atoms with Crippen LogP contribution in [0.2, 0.25) is 0 Å². The summed E-state index contributed by atoms with van der Waals surface area (Å²) >= 11 is 3.52. The summed E-state index contributed by atoms with van der Waals surface area (Å²) in [7, 11) is 0. The summed E-state index contributed by atoms with van der Waals surface area (Å²) in [5.74, 6) is -0.241. The zero-order chi connectivity index (χ0) is 16.0. The zero-order valence-electron chi connectivity index (χ0n) is 13.1. The molecule has 2 aromatic rings. The van der Waals surface area contributed by atoms with Crippen LogP contribution in [0.5, 0.6) is 0 Å². The average Bonchev–Trinajstić information content (AvgIpc) is 2.89. The first-order valence-corrected chi connectivity index (χ1v) is 8.68. The molecule has 1 aromatic heterocycles. The van der Waals surface area contributed by atoms with Gasteiger partial charge in [0.2, 0.25) is 0 Å². The van der Waals surface area contributed by atoms with Crippen LogP contribution in [0.15, 0.2) is 24.3 Å². The van der Waals surface area contributed by atoms with Crippen LogP contribution in [0, 0.1) is 0 Å². The van der Waals surface area contributed by atoms with Crippen LogP contribution in [0.4, 0.5) is 0 Å². The van der Waals surface area contributed by atoms with Gasteiger partial charge in [-0.05, 0) is 18.6 Å². The quantitative estimate of drug-likeness (QED) is 0.649. The minimum Gasteiger partial charge on any atom is -0.464 e. The molecule has 0 spiro atoms. The fraction of sp³-hybridized carbons (Fsp3) is 0.471. The van der Waals surface area contributed by atoms with E-state index in [1.807, 2.05) is 25.1 Å². The maximum atomic E-state index is 12.7. The lowest BCUT2D eigenvalue weighted by Crippen LogP contribution is -2.59. The molecule has 3 rings (SSSR count). The summed E-state index contributed by atoms with van der Waals surface area (Å²) in [4.78, 5) is 16.1. The van der Waals surface area contributed by atoms with Gasteiger partial charge in [-0.3, -0.25) is 5.32 Å². The second kappa shape index (κ2) is 5.39. The highest BCUT2D eigenvalue weighted by Gasteiger charge is 2.50. The van der Waals surface area contributed by atoms with Crippen molar-refractivity contribution in [2.24, 2.45) is 0 Å². The van der Waals surface area contributed by atoms with E-state index in [1.54, 1.807) is 0 Å². The van der Waals surface area contributed by atoms with E-state index in [0.29, 0.717) is 18.5 Å². The van der Waals surface area contributed by atoms with E-state index in [0.717, 1.165) is 11.2 Å². The third kappa shape index (κ3) is 2.10. The smallest absolute Gasteiger partial charge is 0.333 e. The topological polar surface area (TPSA) is 54.1 Å². The number of hydrogen-bond donors (Lipinski definition) is 2. The van der Waals surface area contributed by atoms with E-state index in [4.69, 9.17) is 4.74 Å². The Bertz CT molecular complexity index is 723. The van der Waals surface area contributed by atoms with Crippen molar-refractivity contribution in [2.75, 3.05) is 18.5 Å². The summed E-state index contributed by atoms with van der Waals surface area (Å²) in [5, 5.41) is 5.07. The normalized spacial score (nSPS) is 23.3. The van der Waals surface area contributed by atoms with Gasteiger partial charge in [0.25, 0.3) is 0 Å². The number of alkyl halides is 1. The summed E-state index contributed by atoms with van der Waals surface area (Å²) in [6.07, 6.45) is 0. The molecule has 1 unspecified atom stereocenters. The molecule has 1 atom stereocenters. The number of benzene rings is 1. The number of halogens is 1. The molecule has 0 saturated heterocycles. The highest BCUT2D eigenvalue weighted by atomic mass is 79.9. The molecule has 1 aromatic carbocycles. The number of hydrogen-bond acceptors (Lipinski definition) is 3. The summed E-state index contributed by atoms with van der Waals surface area (Å²) in [5.41, 5.74) is 2.25. The van der Waals surface area contributed by atoms with Gasteiger partial charge in [0.1, 0.15) is 0 Å². The van der Waals surface area contributed by atoms with Crippen molar-refractivity contribution >= 4 is 32.8 Å². The number of para-hydroxylation sites is 1. The van der Waals surface area contributed by atoms with Crippen LogP contribution in [0.3, 0.4) is 0 Å². The number of esters is 1.